The summed E-state index contributed by atoms with van der Waals surface area (Å²) >= 11 is 0. The topological polar surface area (TPSA) is 81.2 Å². The number of nitrogens with one attached hydrogen (secondary N) is 1. The first-order valence-electron chi connectivity index (χ1n) is 9.16. The van der Waals surface area contributed by atoms with E-state index in [9.17, 15) is 4.79 Å². The molecule has 0 saturated heterocycles. The molecule has 1 aromatic carbocycles. The van der Waals surface area contributed by atoms with Crippen LogP contribution in [-0.4, -0.2) is 23.5 Å². The lowest BCUT2D eigenvalue weighted by atomic mass is 9.84. The summed E-state index contributed by atoms with van der Waals surface area (Å²) in [5, 5.41) is 3.04. The van der Waals surface area contributed by atoms with E-state index in [1.165, 1.54) is 12.0 Å². The quantitative estimate of drug-likeness (QED) is 0.877. The second-order valence-corrected chi connectivity index (χ2v) is 7.49. The lowest BCUT2D eigenvalue weighted by Crippen LogP contribution is -2.45. The Balaban J connectivity index is 1.30. The Labute approximate surface area is 148 Å². The van der Waals surface area contributed by atoms with E-state index in [-0.39, 0.29) is 17.9 Å². The van der Waals surface area contributed by atoms with Gasteiger partial charge in [-0.2, -0.15) is 0 Å². The largest absolute Gasteiger partial charge is 0.444 e. The molecular weight excluding hydrogens is 314 g/mol. The van der Waals surface area contributed by atoms with Crippen LogP contribution in [-0.2, 0) is 11.2 Å². The van der Waals surface area contributed by atoms with Crippen LogP contribution in [0.25, 0.3) is 11.5 Å². The van der Waals surface area contributed by atoms with Crippen LogP contribution in [0.4, 0.5) is 0 Å². The molecule has 2 aliphatic carbocycles. The maximum Gasteiger partial charge on any atom is 0.226 e. The van der Waals surface area contributed by atoms with E-state index in [1.54, 1.807) is 6.26 Å². The molecule has 0 radical (unpaired) electrons. The Morgan fingerprint density at radius 1 is 1.28 bits per heavy atom. The summed E-state index contributed by atoms with van der Waals surface area (Å²) in [4.78, 5) is 17.0. The number of carbonyl (C=O) groups excluding carboxylic acids is 1. The van der Waals surface area contributed by atoms with Gasteiger partial charge in [0.25, 0.3) is 0 Å². The number of rotatable bonds is 5. The molecule has 132 valence electrons. The van der Waals surface area contributed by atoms with Gasteiger partial charge in [0.05, 0.1) is 11.6 Å². The summed E-state index contributed by atoms with van der Waals surface area (Å²) in [6.45, 7) is 2.62. The number of nitrogens with zero attached hydrogens (tertiary/aromatic N) is 1. The average Bonchev–Trinajstić information content (AvgIpc) is 3.31. The second-order valence-electron chi connectivity index (χ2n) is 7.49. The van der Waals surface area contributed by atoms with Gasteiger partial charge in [-0.3, -0.25) is 4.79 Å². The number of amides is 1. The number of carbonyl (C=O) groups is 1. The lowest BCUT2D eigenvalue weighted by Gasteiger charge is -2.26. The number of fused-ring (bicyclic) bond motifs is 2. The van der Waals surface area contributed by atoms with Gasteiger partial charge < -0.3 is 15.5 Å². The van der Waals surface area contributed by atoms with Gasteiger partial charge in [0, 0.05) is 24.6 Å². The number of nitrogens with two attached hydrogens (primary N) is 1. The molecular formula is C20H25N3O2. The minimum absolute atomic E-state index is 0.000761. The fourth-order valence-corrected chi connectivity index (χ4v) is 4.41. The molecule has 2 aromatic rings. The molecule has 4 unspecified atom stereocenters. The van der Waals surface area contributed by atoms with E-state index in [0.29, 0.717) is 30.7 Å². The molecule has 25 heavy (non-hydrogen) atoms. The minimum Gasteiger partial charge on any atom is -0.444 e. The molecule has 4 atom stereocenters. The van der Waals surface area contributed by atoms with E-state index in [0.717, 1.165) is 24.1 Å². The molecule has 5 nitrogen and oxygen atoms in total. The molecule has 5 heteroatoms. The van der Waals surface area contributed by atoms with Crippen molar-refractivity contribution in [3.8, 4) is 11.5 Å². The Kier molecular flexibility index (Phi) is 4.34. The summed E-state index contributed by atoms with van der Waals surface area (Å²) in [7, 11) is 0. The van der Waals surface area contributed by atoms with Crippen LogP contribution < -0.4 is 11.1 Å². The van der Waals surface area contributed by atoms with Gasteiger partial charge in [0.2, 0.25) is 11.8 Å². The van der Waals surface area contributed by atoms with Crippen LogP contribution in [0.1, 0.15) is 30.5 Å². The van der Waals surface area contributed by atoms with Crippen molar-refractivity contribution in [2.45, 2.75) is 38.6 Å². The minimum atomic E-state index is -0.000761. The third kappa shape index (κ3) is 3.21. The number of aryl methyl sites for hydroxylation is 1. The van der Waals surface area contributed by atoms with Crippen LogP contribution in [0.2, 0.25) is 0 Å². The SMILES string of the molecule is Cc1ccc(-c2nc(CCNC(=O)C3C4CCC(C4)C3N)co2)cc1. The number of benzene rings is 1. The van der Waals surface area contributed by atoms with Crippen molar-refractivity contribution in [1.82, 2.24) is 10.3 Å². The van der Waals surface area contributed by atoms with E-state index < -0.39 is 0 Å². The number of hydrogen-bond acceptors (Lipinski definition) is 4. The zero-order valence-electron chi connectivity index (χ0n) is 14.6. The number of hydrogen-bond donors (Lipinski definition) is 2. The summed E-state index contributed by atoms with van der Waals surface area (Å²) in [5.41, 5.74) is 9.26. The van der Waals surface area contributed by atoms with Crippen LogP contribution in [0.5, 0.6) is 0 Å². The molecule has 2 bridgehead atoms. The van der Waals surface area contributed by atoms with Gasteiger partial charge >= 0.3 is 0 Å². The average molecular weight is 339 g/mol. The zero-order chi connectivity index (χ0) is 17.4. The molecule has 0 spiro atoms. The first kappa shape index (κ1) is 16.3. The molecule has 4 rings (SSSR count). The molecule has 1 amide bonds. The highest BCUT2D eigenvalue weighted by molar-refractivity contribution is 5.80. The normalized spacial score (nSPS) is 27.6. The molecule has 1 heterocycles. The van der Waals surface area contributed by atoms with Gasteiger partial charge in [-0.1, -0.05) is 17.7 Å². The van der Waals surface area contributed by atoms with Crippen molar-refractivity contribution in [3.05, 3.63) is 41.8 Å². The predicted octanol–water partition coefficient (Wildman–Crippen LogP) is 2.68. The summed E-state index contributed by atoms with van der Waals surface area (Å²) in [6, 6.07) is 8.13. The van der Waals surface area contributed by atoms with Crippen LogP contribution >= 0.6 is 0 Å². The first-order chi connectivity index (χ1) is 12.1. The van der Waals surface area contributed by atoms with Gasteiger partial charge in [0.1, 0.15) is 6.26 Å². The monoisotopic (exact) mass is 339 g/mol. The van der Waals surface area contributed by atoms with Crippen LogP contribution in [0.15, 0.2) is 34.9 Å². The highest BCUT2D eigenvalue weighted by Gasteiger charge is 2.48. The van der Waals surface area contributed by atoms with Gasteiger partial charge in [-0.25, -0.2) is 4.98 Å². The van der Waals surface area contributed by atoms with Crippen molar-refractivity contribution in [2.24, 2.45) is 23.5 Å². The van der Waals surface area contributed by atoms with Crippen molar-refractivity contribution in [1.29, 1.82) is 0 Å². The predicted molar refractivity (Wildman–Crippen MR) is 95.7 cm³/mol. The third-order valence-corrected chi connectivity index (χ3v) is 5.81. The third-order valence-electron chi connectivity index (χ3n) is 5.81. The maximum atomic E-state index is 12.5. The molecule has 2 aliphatic rings. The standard InChI is InChI=1S/C20H25N3O2/c1-12-2-4-13(5-3-12)20-23-16(11-25-20)8-9-22-19(24)17-14-6-7-15(10-14)18(17)21/h2-5,11,14-15,17-18H,6-10,21H2,1H3,(H,22,24). The fraction of sp³-hybridized carbons (Fsp3) is 0.500. The summed E-state index contributed by atoms with van der Waals surface area (Å²) < 4.78 is 5.56. The first-order valence-corrected chi connectivity index (χ1v) is 9.16. The maximum absolute atomic E-state index is 12.5. The van der Waals surface area contributed by atoms with Gasteiger partial charge in [-0.15, -0.1) is 0 Å². The smallest absolute Gasteiger partial charge is 0.226 e. The van der Waals surface area contributed by atoms with Gasteiger partial charge in [-0.05, 0) is 50.2 Å². The Bertz CT molecular complexity index is 751. The van der Waals surface area contributed by atoms with Crippen molar-refractivity contribution >= 4 is 5.91 Å². The number of aromatic nitrogens is 1. The highest BCUT2D eigenvalue weighted by Crippen LogP contribution is 2.47. The van der Waals surface area contributed by atoms with Crippen molar-refractivity contribution in [3.63, 3.8) is 0 Å². The fourth-order valence-electron chi connectivity index (χ4n) is 4.41. The van der Waals surface area contributed by atoms with Crippen LogP contribution in [0, 0.1) is 24.7 Å². The lowest BCUT2D eigenvalue weighted by molar-refractivity contribution is -0.127. The summed E-state index contributed by atoms with van der Waals surface area (Å²) in [6.07, 6.45) is 5.81. The van der Waals surface area contributed by atoms with Crippen molar-refractivity contribution in [2.75, 3.05) is 6.54 Å². The summed E-state index contributed by atoms with van der Waals surface area (Å²) in [5.74, 6) is 1.77. The molecule has 0 aliphatic heterocycles. The van der Waals surface area contributed by atoms with Crippen molar-refractivity contribution < 1.29 is 9.21 Å². The zero-order valence-corrected chi connectivity index (χ0v) is 14.6. The van der Waals surface area contributed by atoms with E-state index in [4.69, 9.17) is 10.2 Å². The van der Waals surface area contributed by atoms with E-state index in [2.05, 4.69) is 17.2 Å². The number of oxazole rings is 1. The molecule has 2 fully saturated rings. The molecule has 2 saturated carbocycles. The Morgan fingerprint density at radius 3 is 2.76 bits per heavy atom. The van der Waals surface area contributed by atoms with Gasteiger partial charge in [0.15, 0.2) is 0 Å². The van der Waals surface area contributed by atoms with Crippen LogP contribution in [0.3, 0.4) is 0 Å². The highest BCUT2D eigenvalue weighted by atomic mass is 16.3. The molecule has 3 N–H and O–H groups in total. The van der Waals surface area contributed by atoms with E-state index >= 15 is 0 Å². The Hall–Kier alpha value is -2.14. The Morgan fingerprint density at radius 2 is 2.04 bits per heavy atom. The molecule has 1 aromatic heterocycles. The second kappa shape index (κ2) is 6.64. The van der Waals surface area contributed by atoms with E-state index in [1.807, 2.05) is 24.3 Å².